The molecule has 0 heterocycles. The standard InChI is InChI=1S/C28H58N4O.C2HF3O2/c1-2-3-4-5-6-7-8-9-10-11-12-13-14-15-16-17-18-19-21-24-27(33)31-25-22-20-23-26-32-28(29)30;3-2(4,5)1(6)7/h2-26H2,1H3,(H,31,33)(H4,29,30,32);(H,6,7). The van der Waals surface area contributed by atoms with Crippen LogP contribution in [-0.2, 0) is 9.59 Å². The predicted octanol–water partition coefficient (Wildman–Crippen LogP) is 8.21. The van der Waals surface area contributed by atoms with E-state index < -0.39 is 12.1 Å². The van der Waals surface area contributed by atoms with E-state index in [-0.39, 0.29) is 11.9 Å². The van der Waals surface area contributed by atoms with Crippen molar-refractivity contribution in [1.29, 1.82) is 5.41 Å². The van der Waals surface area contributed by atoms with E-state index in [0.717, 1.165) is 38.8 Å². The van der Waals surface area contributed by atoms with Crippen molar-refractivity contribution >= 4 is 17.8 Å². The molecular formula is C30H59F3N4O3. The number of nitrogens with two attached hydrogens (primary N) is 1. The highest BCUT2D eigenvalue weighted by Gasteiger charge is 2.38. The van der Waals surface area contributed by atoms with E-state index in [1.54, 1.807) is 0 Å². The summed E-state index contributed by atoms with van der Waals surface area (Å²) in [4.78, 5) is 20.7. The minimum atomic E-state index is -5.08. The third-order valence-electron chi connectivity index (χ3n) is 6.74. The average Bonchev–Trinajstić information content (AvgIpc) is 2.89. The van der Waals surface area contributed by atoms with Crippen molar-refractivity contribution in [2.24, 2.45) is 5.73 Å². The third-order valence-corrected chi connectivity index (χ3v) is 6.74. The molecule has 0 atom stereocenters. The van der Waals surface area contributed by atoms with Crippen LogP contribution in [0.15, 0.2) is 0 Å². The zero-order valence-electron chi connectivity index (χ0n) is 25.2. The van der Waals surface area contributed by atoms with Crippen molar-refractivity contribution in [1.82, 2.24) is 10.6 Å². The molecule has 6 N–H and O–H groups in total. The maximum absolute atomic E-state index is 11.8. The molecule has 238 valence electrons. The molecular weight excluding hydrogens is 521 g/mol. The van der Waals surface area contributed by atoms with Crippen LogP contribution in [0.3, 0.4) is 0 Å². The number of carbonyl (C=O) groups is 2. The average molecular weight is 581 g/mol. The monoisotopic (exact) mass is 580 g/mol. The number of carboxylic acids is 1. The molecule has 0 bridgehead atoms. The van der Waals surface area contributed by atoms with Gasteiger partial charge >= 0.3 is 12.1 Å². The molecule has 0 saturated carbocycles. The van der Waals surface area contributed by atoms with Gasteiger partial charge in [-0.3, -0.25) is 10.2 Å². The number of rotatable bonds is 26. The summed E-state index contributed by atoms with van der Waals surface area (Å²) in [6.07, 6.45) is 24.8. The number of alkyl halides is 3. The number of halogens is 3. The van der Waals surface area contributed by atoms with Gasteiger partial charge in [-0.15, -0.1) is 0 Å². The Labute approximate surface area is 241 Å². The molecule has 0 aromatic carbocycles. The molecule has 0 aliphatic carbocycles. The Morgan fingerprint density at radius 3 is 1.25 bits per heavy atom. The number of hydrogen-bond acceptors (Lipinski definition) is 3. The largest absolute Gasteiger partial charge is 0.490 e. The van der Waals surface area contributed by atoms with Gasteiger partial charge in [0.2, 0.25) is 5.91 Å². The molecule has 0 unspecified atom stereocenters. The number of nitrogens with one attached hydrogen (secondary N) is 3. The fourth-order valence-electron chi connectivity index (χ4n) is 4.33. The number of carbonyl (C=O) groups excluding carboxylic acids is 1. The molecule has 0 aromatic rings. The first kappa shape index (κ1) is 40.1. The molecule has 0 radical (unpaired) electrons. The number of amides is 1. The summed E-state index contributed by atoms with van der Waals surface area (Å²) in [7, 11) is 0. The van der Waals surface area contributed by atoms with Gasteiger partial charge in [-0.2, -0.15) is 13.2 Å². The maximum Gasteiger partial charge on any atom is 0.490 e. The quantitative estimate of drug-likeness (QED) is 0.0400. The first-order chi connectivity index (χ1) is 19.1. The lowest BCUT2D eigenvalue weighted by Crippen LogP contribution is -2.31. The second kappa shape index (κ2) is 30.0. The molecule has 10 heteroatoms. The fraction of sp³-hybridized carbons (Fsp3) is 0.900. The summed E-state index contributed by atoms with van der Waals surface area (Å²) in [6.45, 7) is 3.79. The molecule has 7 nitrogen and oxygen atoms in total. The summed E-state index contributed by atoms with van der Waals surface area (Å²) >= 11 is 0. The predicted molar refractivity (Wildman–Crippen MR) is 158 cm³/mol. The lowest BCUT2D eigenvalue weighted by atomic mass is 10.0. The van der Waals surface area contributed by atoms with Gasteiger partial charge in [0, 0.05) is 19.5 Å². The van der Waals surface area contributed by atoms with Crippen molar-refractivity contribution < 1.29 is 27.9 Å². The van der Waals surface area contributed by atoms with Crippen LogP contribution in [0.2, 0.25) is 0 Å². The SMILES string of the molecule is CCCCCCCCCCCCCCCCCCCCCC(=O)NCCCCCNC(=N)N.O=C(O)C(F)(F)F. The summed E-state index contributed by atoms with van der Waals surface area (Å²) < 4.78 is 31.7. The Balaban J connectivity index is 0. The van der Waals surface area contributed by atoms with Crippen molar-refractivity contribution in [3.05, 3.63) is 0 Å². The summed E-state index contributed by atoms with van der Waals surface area (Å²) in [6, 6.07) is 0. The van der Waals surface area contributed by atoms with Crippen LogP contribution in [0.4, 0.5) is 13.2 Å². The molecule has 0 spiro atoms. The minimum Gasteiger partial charge on any atom is -0.475 e. The van der Waals surface area contributed by atoms with E-state index in [1.165, 1.54) is 116 Å². The van der Waals surface area contributed by atoms with Crippen LogP contribution in [0.1, 0.15) is 155 Å². The third kappa shape index (κ3) is 36.0. The Kier molecular flexibility index (Phi) is 30.1. The smallest absolute Gasteiger partial charge is 0.475 e. The highest BCUT2D eigenvalue weighted by Crippen LogP contribution is 2.15. The molecule has 0 aliphatic heterocycles. The van der Waals surface area contributed by atoms with Crippen LogP contribution in [0.5, 0.6) is 0 Å². The molecule has 1 amide bonds. The van der Waals surface area contributed by atoms with Gasteiger partial charge in [0.05, 0.1) is 0 Å². The van der Waals surface area contributed by atoms with Crippen LogP contribution >= 0.6 is 0 Å². The van der Waals surface area contributed by atoms with Crippen LogP contribution < -0.4 is 16.4 Å². The molecule has 0 saturated heterocycles. The van der Waals surface area contributed by atoms with Crippen LogP contribution in [-0.4, -0.2) is 42.2 Å². The zero-order valence-corrected chi connectivity index (χ0v) is 25.2. The van der Waals surface area contributed by atoms with Crippen LogP contribution in [0, 0.1) is 5.41 Å². The van der Waals surface area contributed by atoms with Gasteiger partial charge in [-0.25, -0.2) is 4.79 Å². The van der Waals surface area contributed by atoms with Crippen molar-refractivity contribution in [2.75, 3.05) is 13.1 Å². The van der Waals surface area contributed by atoms with Crippen molar-refractivity contribution in [3.8, 4) is 0 Å². The second-order valence-electron chi connectivity index (χ2n) is 10.7. The van der Waals surface area contributed by atoms with Gasteiger partial charge in [0.1, 0.15) is 0 Å². The number of unbranched alkanes of at least 4 members (excludes halogenated alkanes) is 20. The van der Waals surface area contributed by atoms with E-state index in [9.17, 15) is 18.0 Å². The lowest BCUT2D eigenvalue weighted by Gasteiger charge is -2.06. The normalized spacial score (nSPS) is 11.0. The van der Waals surface area contributed by atoms with Crippen molar-refractivity contribution in [3.63, 3.8) is 0 Å². The second-order valence-corrected chi connectivity index (χ2v) is 10.7. The number of guanidine groups is 1. The highest BCUT2D eigenvalue weighted by molar-refractivity contribution is 5.75. The van der Waals surface area contributed by atoms with Gasteiger partial charge in [-0.1, -0.05) is 122 Å². The molecule has 40 heavy (non-hydrogen) atoms. The summed E-state index contributed by atoms with van der Waals surface area (Å²) in [5.74, 6) is -2.53. The molecule has 0 aromatic heterocycles. The lowest BCUT2D eigenvalue weighted by molar-refractivity contribution is -0.192. The Morgan fingerprint density at radius 2 is 0.925 bits per heavy atom. The van der Waals surface area contributed by atoms with E-state index in [4.69, 9.17) is 21.0 Å². The van der Waals surface area contributed by atoms with E-state index in [2.05, 4.69) is 17.6 Å². The van der Waals surface area contributed by atoms with E-state index in [0.29, 0.717) is 6.42 Å². The topological polar surface area (TPSA) is 128 Å². The van der Waals surface area contributed by atoms with Gasteiger partial charge in [0.25, 0.3) is 0 Å². The van der Waals surface area contributed by atoms with Crippen molar-refractivity contribution in [2.45, 2.75) is 161 Å². The zero-order chi connectivity index (χ0) is 30.3. The Morgan fingerprint density at radius 1 is 0.625 bits per heavy atom. The Hall–Kier alpha value is -2.00. The minimum absolute atomic E-state index is 0.0305. The fourth-order valence-corrected chi connectivity index (χ4v) is 4.33. The highest BCUT2D eigenvalue weighted by atomic mass is 19.4. The number of carboxylic acid groups (broad SMARTS) is 1. The summed E-state index contributed by atoms with van der Waals surface area (Å²) in [5, 5.41) is 20.0. The first-order valence-electron chi connectivity index (χ1n) is 15.8. The van der Waals surface area contributed by atoms with Gasteiger partial charge < -0.3 is 21.5 Å². The molecule has 0 fully saturated rings. The number of aliphatic carboxylic acids is 1. The van der Waals surface area contributed by atoms with E-state index >= 15 is 0 Å². The first-order valence-corrected chi connectivity index (χ1v) is 15.8. The molecule has 0 rings (SSSR count). The maximum atomic E-state index is 11.8. The molecule has 0 aliphatic rings. The Bertz CT molecular complexity index is 605. The number of hydrogen-bond donors (Lipinski definition) is 5. The van der Waals surface area contributed by atoms with Gasteiger partial charge in [0.15, 0.2) is 5.96 Å². The van der Waals surface area contributed by atoms with E-state index in [1.807, 2.05) is 0 Å². The van der Waals surface area contributed by atoms with Gasteiger partial charge in [-0.05, 0) is 25.7 Å². The van der Waals surface area contributed by atoms with Crippen LogP contribution in [0.25, 0.3) is 0 Å². The summed E-state index contributed by atoms with van der Waals surface area (Å²) in [5.41, 5.74) is 5.23.